The standard InChI is InChI=1S/C10H17NS/c1-7(2)10(8(3)11-5)9(4)12-6/h11H,1,3H2,2,4-6H3/b10-9+. The summed E-state index contributed by atoms with van der Waals surface area (Å²) in [4.78, 5) is 1.25. The molecule has 0 heterocycles. The number of nitrogens with one attached hydrogen (secondary N) is 1. The molecule has 1 nitrogen and oxygen atoms in total. The van der Waals surface area contributed by atoms with Crippen molar-refractivity contribution >= 4 is 11.8 Å². The summed E-state index contributed by atoms with van der Waals surface area (Å²) < 4.78 is 0. The molecular formula is C10H17NS. The van der Waals surface area contributed by atoms with Crippen LogP contribution in [0.4, 0.5) is 0 Å². The molecule has 0 saturated carbocycles. The van der Waals surface area contributed by atoms with Gasteiger partial charge in [0.1, 0.15) is 0 Å². The van der Waals surface area contributed by atoms with Gasteiger partial charge in [-0.3, -0.25) is 0 Å². The summed E-state index contributed by atoms with van der Waals surface area (Å²) in [5.74, 6) is 0. The first-order valence-electron chi connectivity index (χ1n) is 3.82. The highest BCUT2D eigenvalue weighted by atomic mass is 32.2. The van der Waals surface area contributed by atoms with Crippen LogP contribution in [0.5, 0.6) is 0 Å². The molecule has 1 N–H and O–H groups in total. The van der Waals surface area contributed by atoms with Crippen LogP contribution in [0.3, 0.4) is 0 Å². The van der Waals surface area contributed by atoms with Crippen LogP contribution in [0, 0.1) is 0 Å². The van der Waals surface area contributed by atoms with E-state index in [0.717, 1.165) is 16.8 Å². The lowest BCUT2D eigenvalue weighted by atomic mass is 10.1. The lowest BCUT2D eigenvalue weighted by molar-refractivity contribution is 1.01. The van der Waals surface area contributed by atoms with E-state index in [1.807, 2.05) is 14.0 Å². The van der Waals surface area contributed by atoms with E-state index in [-0.39, 0.29) is 0 Å². The minimum atomic E-state index is 0.939. The second kappa shape index (κ2) is 5.09. The smallest absolute Gasteiger partial charge is 0.0348 e. The Kier molecular flexibility index (Phi) is 4.83. The maximum atomic E-state index is 3.92. The van der Waals surface area contributed by atoms with Gasteiger partial charge in [0.2, 0.25) is 0 Å². The summed E-state index contributed by atoms with van der Waals surface area (Å²) in [6.07, 6.45) is 2.06. The van der Waals surface area contributed by atoms with Crippen molar-refractivity contribution in [1.29, 1.82) is 0 Å². The summed E-state index contributed by atoms with van der Waals surface area (Å²) in [5.41, 5.74) is 3.14. The van der Waals surface area contributed by atoms with Gasteiger partial charge in [-0.25, -0.2) is 0 Å². The summed E-state index contributed by atoms with van der Waals surface area (Å²) >= 11 is 1.72. The van der Waals surface area contributed by atoms with E-state index in [2.05, 4.69) is 31.7 Å². The second-order valence-electron chi connectivity index (χ2n) is 2.64. The molecular weight excluding hydrogens is 166 g/mol. The molecule has 0 unspecified atom stereocenters. The highest BCUT2D eigenvalue weighted by Crippen LogP contribution is 2.24. The predicted molar refractivity (Wildman–Crippen MR) is 59.2 cm³/mol. The Bertz CT molecular complexity index is 226. The Balaban J connectivity index is 4.91. The Morgan fingerprint density at radius 2 is 1.75 bits per heavy atom. The van der Waals surface area contributed by atoms with Gasteiger partial charge >= 0.3 is 0 Å². The van der Waals surface area contributed by atoms with Crippen molar-refractivity contribution in [2.75, 3.05) is 13.3 Å². The van der Waals surface area contributed by atoms with Crippen molar-refractivity contribution in [1.82, 2.24) is 5.32 Å². The van der Waals surface area contributed by atoms with Crippen LogP contribution in [0.2, 0.25) is 0 Å². The van der Waals surface area contributed by atoms with Crippen LogP contribution in [-0.2, 0) is 0 Å². The molecule has 0 aromatic carbocycles. The van der Waals surface area contributed by atoms with Crippen LogP contribution in [0.15, 0.2) is 34.9 Å². The Labute approximate surface area is 79.6 Å². The molecule has 0 aliphatic heterocycles. The third-order valence-corrected chi connectivity index (χ3v) is 2.51. The van der Waals surface area contributed by atoms with E-state index in [4.69, 9.17) is 0 Å². The quantitative estimate of drug-likeness (QED) is 0.673. The van der Waals surface area contributed by atoms with Gasteiger partial charge in [0.25, 0.3) is 0 Å². The predicted octanol–water partition coefficient (Wildman–Crippen LogP) is 2.93. The Hall–Kier alpha value is -0.630. The highest BCUT2D eigenvalue weighted by Gasteiger charge is 2.05. The molecule has 68 valence electrons. The molecule has 0 aromatic rings. The molecule has 0 spiro atoms. The topological polar surface area (TPSA) is 12.0 Å². The van der Waals surface area contributed by atoms with Crippen molar-refractivity contribution < 1.29 is 0 Å². The summed E-state index contributed by atoms with van der Waals surface area (Å²) in [6.45, 7) is 11.9. The number of hydrogen-bond acceptors (Lipinski definition) is 2. The normalized spacial score (nSPS) is 12.0. The Morgan fingerprint density at radius 3 is 2.00 bits per heavy atom. The zero-order chi connectivity index (χ0) is 9.72. The fraction of sp³-hybridized carbons (Fsp3) is 0.400. The van der Waals surface area contributed by atoms with Gasteiger partial charge in [-0.15, -0.1) is 11.8 Å². The third kappa shape index (κ3) is 2.78. The molecule has 0 bridgehead atoms. The van der Waals surface area contributed by atoms with Crippen molar-refractivity contribution in [3.63, 3.8) is 0 Å². The van der Waals surface area contributed by atoms with Gasteiger partial charge in [0, 0.05) is 18.3 Å². The minimum Gasteiger partial charge on any atom is -0.388 e. The largest absolute Gasteiger partial charge is 0.388 e. The summed E-state index contributed by atoms with van der Waals surface area (Å²) in [7, 11) is 1.87. The first-order valence-corrected chi connectivity index (χ1v) is 5.04. The van der Waals surface area contributed by atoms with Gasteiger partial charge in [-0.2, -0.15) is 0 Å². The average Bonchev–Trinajstić information content (AvgIpc) is 2.03. The monoisotopic (exact) mass is 183 g/mol. The van der Waals surface area contributed by atoms with Crippen molar-refractivity contribution in [3.05, 3.63) is 34.9 Å². The summed E-state index contributed by atoms with van der Waals surface area (Å²) in [5, 5.41) is 3.04. The average molecular weight is 183 g/mol. The lowest BCUT2D eigenvalue weighted by Crippen LogP contribution is -2.08. The molecule has 0 rings (SSSR count). The van der Waals surface area contributed by atoms with Gasteiger partial charge in [0.15, 0.2) is 0 Å². The maximum absolute atomic E-state index is 3.92. The van der Waals surface area contributed by atoms with E-state index in [1.54, 1.807) is 11.8 Å². The Morgan fingerprint density at radius 1 is 1.25 bits per heavy atom. The number of rotatable bonds is 4. The van der Waals surface area contributed by atoms with Crippen molar-refractivity contribution in [2.24, 2.45) is 0 Å². The molecule has 0 fully saturated rings. The van der Waals surface area contributed by atoms with Crippen LogP contribution in [0.1, 0.15) is 13.8 Å². The maximum Gasteiger partial charge on any atom is 0.0348 e. The van der Waals surface area contributed by atoms with E-state index in [9.17, 15) is 0 Å². The van der Waals surface area contributed by atoms with Gasteiger partial charge in [-0.1, -0.05) is 13.2 Å². The van der Waals surface area contributed by atoms with E-state index < -0.39 is 0 Å². The van der Waals surface area contributed by atoms with Crippen molar-refractivity contribution in [3.8, 4) is 0 Å². The molecule has 12 heavy (non-hydrogen) atoms. The molecule has 0 aromatic heterocycles. The summed E-state index contributed by atoms with van der Waals surface area (Å²) in [6, 6.07) is 0. The number of thioether (sulfide) groups is 1. The van der Waals surface area contributed by atoms with E-state index in [1.165, 1.54) is 4.91 Å². The first kappa shape index (κ1) is 11.4. The van der Waals surface area contributed by atoms with E-state index >= 15 is 0 Å². The SMILES string of the molecule is C=C(C)/C(C(=C)NC)=C(/C)SC. The molecule has 0 radical (unpaired) electrons. The minimum absolute atomic E-state index is 0.939. The first-order chi connectivity index (χ1) is 5.54. The molecule has 0 aliphatic carbocycles. The van der Waals surface area contributed by atoms with Crippen LogP contribution in [-0.4, -0.2) is 13.3 Å². The number of likely N-dealkylation sites (N-methyl/N-ethyl adjacent to an activating group) is 1. The van der Waals surface area contributed by atoms with E-state index in [0.29, 0.717) is 0 Å². The molecule has 2 heteroatoms. The van der Waals surface area contributed by atoms with Gasteiger partial charge < -0.3 is 5.32 Å². The van der Waals surface area contributed by atoms with Gasteiger partial charge in [0.05, 0.1) is 0 Å². The highest BCUT2D eigenvalue weighted by molar-refractivity contribution is 8.02. The number of hydrogen-bond donors (Lipinski definition) is 1. The van der Waals surface area contributed by atoms with Crippen molar-refractivity contribution in [2.45, 2.75) is 13.8 Å². The second-order valence-corrected chi connectivity index (χ2v) is 3.66. The van der Waals surface area contributed by atoms with Gasteiger partial charge in [-0.05, 0) is 30.6 Å². The lowest BCUT2D eigenvalue weighted by Gasteiger charge is -2.12. The fourth-order valence-electron chi connectivity index (χ4n) is 0.998. The zero-order valence-electron chi connectivity index (χ0n) is 8.32. The molecule has 0 amide bonds. The molecule has 0 saturated heterocycles. The number of allylic oxidation sites excluding steroid dienone is 2. The van der Waals surface area contributed by atoms with Crippen LogP contribution >= 0.6 is 11.8 Å². The molecule has 0 atom stereocenters. The third-order valence-electron chi connectivity index (χ3n) is 1.69. The van der Waals surface area contributed by atoms with Crippen LogP contribution < -0.4 is 5.32 Å². The molecule has 0 aliphatic rings. The zero-order valence-corrected chi connectivity index (χ0v) is 9.14. The fourth-order valence-corrected chi connectivity index (χ4v) is 1.50. The van der Waals surface area contributed by atoms with Crippen LogP contribution in [0.25, 0.3) is 0 Å².